The highest BCUT2D eigenvalue weighted by atomic mass is 16.5. The number of likely N-dealkylation sites (N-methyl/N-ethyl adjacent to an activating group) is 1. The molecule has 1 heterocycles. The zero-order chi connectivity index (χ0) is 15.9. The number of rotatable bonds is 6. The Hall–Kier alpha value is -1.84. The van der Waals surface area contributed by atoms with Crippen LogP contribution in [-0.2, 0) is 6.42 Å². The molecule has 23 heavy (non-hydrogen) atoms. The van der Waals surface area contributed by atoms with Gasteiger partial charge >= 0.3 is 0 Å². The monoisotopic (exact) mass is 310 g/mol. The van der Waals surface area contributed by atoms with E-state index in [0.717, 1.165) is 17.9 Å². The largest absolute Gasteiger partial charge is 0.457 e. The summed E-state index contributed by atoms with van der Waals surface area (Å²) in [5.41, 5.74) is 1.39. The predicted octanol–water partition coefficient (Wildman–Crippen LogP) is 3.66. The molecular formula is C20H26N2O. The minimum Gasteiger partial charge on any atom is -0.457 e. The molecule has 0 spiro atoms. The zero-order valence-electron chi connectivity index (χ0n) is 13.9. The van der Waals surface area contributed by atoms with Crippen LogP contribution < -0.4 is 4.74 Å². The summed E-state index contributed by atoms with van der Waals surface area (Å²) in [6.45, 7) is 6.02. The van der Waals surface area contributed by atoms with E-state index in [2.05, 4.69) is 41.1 Å². The number of benzene rings is 2. The van der Waals surface area contributed by atoms with Gasteiger partial charge in [0.2, 0.25) is 0 Å². The maximum atomic E-state index is 5.83. The van der Waals surface area contributed by atoms with Crippen molar-refractivity contribution < 1.29 is 4.74 Å². The van der Waals surface area contributed by atoms with Crippen molar-refractivity contribution in [2.45, 2.75) is 12.8 Å². The summed E-state index contributed by atoms with van der Waals surface area (Å²) in [7, 11) is 2.20. The van der Waals surface area contributed by atoms with Crippen LogP contribution >= 0.6 is 0 Å². The summed E-state index contributed by atoms with van der Waals surface area (Å²) in [5.74, 6) is 1.79. The van der Waals surface area contributed by atoms with Gasteiger partial charge in [-0.2, -0.15) is 0 Å². The van der Waals surface area contributed by atoms with Crippen molar-refractivity contribution in [3.8, 4) is 11.5 Å². The molecule has 1 aliphatic rings. The summed E-state index contributed by atoms with van der Waals surface area (Å²) in [6, 6.07) is 18.4. The van der Waals surface area contributed by atoms with Crippen molar-refractivity contribution in [1.29, 1.82) is 0 Å². The molecule has 3 nitrogen and oxygen atoms in total. The van der Waals surface area contributed by atoms with Crippen molar-refractivity contribution in [1.82, 2.24) is 9.80 Å². The lowest BCUT2D eigenvalue weighted by molar-refractivity contribution is 0.153. The number of hydrogen-bond acceptors (Lipinski definition) is 3. The number of para-hydroxylation sites is 1. The third-order valence-electron chi connectivity index (χ3n) is 4.44. The molecule has 3 heteroatoms. The molecule has 1 fully saturated rings. The van der Waals surface area contributed by atoms with Crippen LogP contribution in [0.4, 0.5) is 0 Å². The Labute approximate surface area is 139 Å². The Morgan fingerprint density at radius 3 is 2.17 bits per heavy atom. The molecule has 0 atom stereocenters. The number of hydrogen-bond donors (Lipinski definition) is 0. The van der Waals surface area contributed by atoms with Gasteiger partial charge in [0, 0.05) is 26.2 Å². The molecule has 3 rings (SSSR count). The molecule has 1 aliphatic heterocycles. The molecule has 0 saturated carbocycles. The lowest BCUT2D eigenvalue weighted by Gasteiger charge is -2.32. The minimum atomic E-state index is 0.885. The summed E-state index contributed by atoms with van der Waals surface area (Å²) < 4.78 is 5.83. The zero-order valence-corrected chi connectivity index (χ0v) is 13.9. The summed E-state index contributed by atoms with van der Waals surface area (Å²) in [5, 5.41) is 0. The molecule has 2 aromatic rings. The molecular weight excluding hydrogens is 284 g/mol. The van der Waals surface area contributed by atoms with E-state index in [1.54, 1.807) is 0 Å². The second-order valence-corrected chi connectivity index (χ2v) is 6.31. The van der Waals surface area contributed by atoms with E-state index in [0.29, 0.717) is 0 Å². The lowest BCUT2D eigenvalue weighted by atomic mass is 10.1. The summed E-state index contributed by atoms with van der Waals surface area (Å²) in [4.78, 5) is 4.98. The lowest BCUT2D eigenvalue weighted by Crippen LogP contribution is -2.44. The van der Waals surface area contributed by atoms with E-state index in [4.69, 9.17) is 4.74 Å². The van der Waals surface area contributed by atoms with E-state index in [1.807, 2.05) is 30.3 Å². The maximum absolute atomic E-state index is 5.83. The molecule has 0 unspecified atom stereocenters. The molecule has 0 aliphatic carbocycles. The second-order valence-electron chi connectivity index (χ2n) is 6.31. The highest BCUT2D eigenvalue weighted by Crippen LogP contribution is 2.21. The number of piperazine rings is 1. The van der Waals surface area contributed by atoms with Gasteiger partial charge in [0.05, 0.1) is 0 Å². The molecule has 0 N–H and O–H groups in total. The van der Waals surface area contributed by atoms with Crippen molar-refractivity contribution in [2.24, 2.45) is 0 Å². The Morgan fingerprint density at radius 2 is 1.48 bits per heavy atom. The first-order valence-corrected chi connectivity index (χ1v) is 8.52. The van der Waals surface area contributed by atoms with Gasteiger partial charge in [-0.25, -0.2) is 0 Å². The van der Waals surface area contributed by atoms with Crippen molar-refractivity contribution in [3.63, 3.8) is 0 Å². The van der Waals surface area contributed by atoms with Gasteiger partial charge in [0.25, 0.3) is 0 Å². The van der Waals surface area contributed by atoms with Crippen LogP contribution in [0.1, 0.15) is 12.0 Å². The Morgan fingerprint density at radius 1 is 0.826 bits per heavy atom. The van der Waals surface area contributed by atoms with Crippen LogP contribution in [0, 0.1) is 0 Å². The van der Waals surface area contributed by atoms with E-state index in [1.165, 1.54) is 44.7 Å². The maximum Gasteiger partial charge on any atom is 0.127 e. The molecule has 1 saturated heterocycles. The van der Waals surface area contributed by atoms with Crippen molar-refractivity contribution >= 4 is 0 Å². The average molecular weight is 310 g/mol. The Balaban J connectivity index is 1.42. The Bertz CT molecular complexity index is 574. The smallest absolute Gasteiger partial charge is 0.127 e. The van der Waals surface area contributed by atoms with Gasteiger partial charge < -0.3 is 14.5 Å². The van der Waals surface area contributed by atoms with Crippen LogP contribution in [0.25, 0.3) is 0 Å². The predicted molar refractivity (Wildman–Crippen MR) is 95.2 cm³/mol. The summed E-state index contributed by atoms with van der Waals surface area (Å²) in [6.07, 6.45) is 2.36. The normalized spacial score (nSPS) is 16.4. The van der Waals surface area contributed by atoms with Gasteiger partial charge in [0.1, 0.15) is 11.5 Å². The second kappa shape index (κ2) is 8.14. The first-order chi connectivity index (χ1) is 11.3. The number of aryl methyl sites for hydroxylation is 1. The van der Waals surface area contributed by atoms with Gasteiger partial charge in [-0.1, -0.05) is 30.3 Å². The van der Waals surface area contributed by atoms with Crippen molar-refractivity contribution in [2.75, 3.05) is 39.8 Å². The molecule has 0 radical (unpaired) electrons. The number of ether oxygens (including phenoxy) is 1. The average Bonchev–Trinajstić information content (AvgIpc) is 2.59. The van der Waals surface area contributed by atoms with Crippen LogP contribution in [0.5, 0.6) is 11.5 Å². The number of nitrogens with zero attached hydrogens (tertiary/aromatic N) is 2. The van der Waals surface area contributed by atoms with Crippen molar-refractivity contribution in [3.05, 3.63) is 60.2 Å². The Kier molecular flexibility index (Phi) is 5.67. The van der Waals surface area contributed by atoms with Crippen LogP contribution in [0.2, 0.25) is 0 Å². The van der Waals surface area contributed by atoms with E-state index < -0.39 is 0 Å². The fraction of sp³-hybridized carbons (Fsp3) is 0.400. The molecule has 0 amide bonds. The fourth-order valence-electron chi connectivity index (χ4n) is 2.93. The quantitative estimate of drug-likeness (QED) is 0.810. The molecule has 122 valence electrons. The van der Waals surface area contributed by atoms with Crippen LogP contribution in [0.3, 0.4) is 0 Å². The van der Waals surface area contributed by atoms with E-state index in [-0.39, 0.29) is 0 Å². The SMILES string of the molecule is CN1CCN(CCCc2ccc(Oc3ccccc3)cc2)CC1. The van der Waals surface area contributed by atoms with Crippen LogP contribution in [0.15, 0.2) is 54.6 Å². The van der Waals surface area contributed by atoms with Gasteiger partial charge in [0.15, 0.2) is 0 Å². The standard InChI is InChI=1S/C20H26N2O/c1-21-14-16-22(17-15-21)13-5-6-18-9-11-20(12-10-18)23-19-7-3-2-4-8-19/h2-4,7-12H,5-6,13-17H2,1H3. The third kappa shape index (κ3) is 5.08. The van der Waals surface area contributed by atoms with Gasteiger partial charge in [-0.05, 0) is 56.3 Å². The fourth-order valence-corrected chi connectivity index (χ4v) is 2.93. The highest BCUT2D eigenvalue weighted by Gasteiger charge is 2.12. The first-order valence-electron chi connectivity index (χ1n) is 8.52. The first kappa shape index (κ1) is 16.0. The summed E-state index contributed by atoms with van der Waals surface area (Å²) >= 11 is 0. The van der Waals surface area contributed by atoms with Gasteiger partial charge in [-0.15, -0.1) is 0 Å². The van der Waals surface area contributed by atoms with E-state index >= 15 is 0 Å². The topological polar surface area (TPSA) is 15.7 Å². The van der Waals surface area contributed by atoms with Crippen LogP contribution in [-0.4, -0.2) is 49.6 Å². The highest BCUT2D eigenvalue weighted by molar-refractivity contribution is 5.32. The minimum absolute atomic E-state index is 0.885. The molecule has 2 aromatic carbocycles. The van der Waals surface area contributed by atoms with E-state index in [9.17, 15) is 0 Å². The molecule has 0 bridgehead atoms. The van der Waals surface area contributed by atoms with Gasteiger partial charge in [-0.3, -0.25) is 0 Å². The third-order valence-corrected chi connectivity index (χ3v) is 4.44. The molecule has 0 aromatic heterocycles.